The van der Waals surface area contributed by atoms with E-state index in [2.05, 4.69) is 168 Å². The molecule has 4 nitrogen and oxygen atoms in total. The Bertz CT molecular complexity index is 3800. The lowest BCUT2D eigenvalue weighted by molar-refractivity contribution is 1.08. The Kier molecular flexibility index (Phi) is 6.57. The van der Waals surface area contributed by atoms with Gasteiger partial charge in [-0.1, -0.05) is 146 Å². The van der Waals surface area contributed by atoms with E-state index in [0.717, 1.165) is 33.2 Å². The zero-order valence-corrected chi connectivity index (χ0v) is 31.8. The summed E-state index contributed by atoms with van der Waals surface area (Å²) in [6.07, 6.45) is 0. The van der Waals surface area contributed by atoms with Crippen LogP contribution in [0, 0.1) is 0 Å². The van der Waals surface area contributed by atoms with E-state index in [9.17, 15) is 0 Å². The van der Waals surface area contributed by atoms with Gasteiger partial charge in [0, 0.05) is 58.4 Å². The third-order valence-corrected chi connectivity index (χ3v) is 13.1. The van der Waals surface area contributed by atoms with Gasteiger partial charge in [-0.2, -0.15) is 0 Å². The molecule has 58 heavy (non-hydrogen) atoms. The molecule has 0 bridgehead atoms. The second-order valence-corrected chi connectivity index (χ2v) is 16.2. The number of thiophene rings is 1. The third-order valence-electron chi connectivity index (χ3n) is 12.0. The lowest BCUT2D eigenvalue weighted by atomic mass is 9.91. The van der Waals surface area contributed by atoms with Crippen LogP contribution in [0.2, 0.25) is 0 Å². The number of aromatic nitrogens is 4. The Balaban J connectivity index is 1.07. The molecule has 13 aromatic rings. The first-order chi connectivity index (χ1) is 28.8. The van der Waals surface area contributed by atoms with Crippen molar-refractivity contribution in [3.8, 4) is 39.9 Å². The van der Waals surface area contributed by atoms with Crippen LogP contribution in [0.5, 0.6) is 0 Å². The fraction of sp³-hybridized carbons (Fsp3) is 0. The molecule has 0 aliphatic heterocycles. The summed E-state index contributed by atoms with van der Waals surface area (Å²) in [6.45, 7) is 0. The van der Waals surface area contributed by atoms with Crippen LogP contribution < -0.4 is 0 Å². The average Bonchev–Trinajstić information content (AvgIpc) is 3.83. The van der Waals surface area contributed by atoms with Crippen molar-refractivity contribution in [2.24, 2.45) is 0 Å². The molecule has 10 aromatic carbocycles. The van der Waals surface area contributed by atoms with Gasteiger partial charge in [0.1, 0.15) is 0 Å². The Morgan fingerprint density at radius 2 is 0.983 bits per heavy atom. The number of fused-ring (bicyclic) bond motifs is 9. The van der Waals surface area contributed by atoms with E-state index in [1.807, 2.05) is 18.2 Å². The lowest BCUT2D eigenvalue weighted by Gasteiger charge is -2.15. The molecule has 0 saturated carbocycles. The first-order valence-corrected chi connectivity index (χ1v) is 20.4. The topological polar surface area (TPSA) is 43.6 Å². The maximum Gasteiger partial charge on any atom is 0.164 e. The first kappa shape index (κ1) is 31.7. The minimum atomic E-state index is 0.647. The molecule has 0 saturated heterocycles. The van der Waals surface area contributed by atoms with Gasteiger partial charge in [0.2, 0.25) is 0 Å². The molecule has 0 unspecified atom stereocenters. The molecule has 268 valence electrons. The van der Waals surface area contributed by atoms with E-state index in [4.69, 9.17) is 15.0 Å². The summed E-state index contributed by atoms with van der Waals surface area (Å²) in [5.41, 5.74) is 6.41. The molecule has 0 atom stereocenters. The van der Waals surface area contributed by atoms with E-state index < -0.39 is 0 Å². The highest BCUT2D eigenvalue weighted by molar-refractivity contribution is 7.25. The van der Waals surface area contributed by atoms with Crippen molar-refractivity contribution in [1.82, 2.24) is 19.5 Å². The van der Waals surface area contributed by atoms with Crippen molar-refractivity contribution < 1.29 is 0 Å². The van der Waals surface area contributed by atoms with Gasteiger partial charge in [0.05, 0.1) is 16.7 Å². The minimum Gasteiger partial charge on any atom is -0.309 e. The van der Waals surface area contributed by atoms with Crippen molar-refractivity contribution >= 4 is 96.4 Å². The Hall–Kier alpha value is -7.47. The number of hydrogen-bond acceptors (Lipinski definition) is 4. The number of nitrogens with zero attached hydrogens (tertiary/aromatic N) is 4. The van der Waals surface area contributed by atoms with Gasteiger partial charge < -0.3 is 4.57 Å². The summed E-state index contributed by atoms with van der Waals surface area (Å²) >= 11 is 1.80. The highest BCUT2D eigenvalue weighted by Gasteiger charge is 2.23. The minimum absolute atomic E-state index is 0.647. The second kappa shape index (κ2) is 12.0. The molecule has 0 fully saturated rings. The Morgan fingerprint density at radius 3 is 1.84 bits per heavy atom. The summed E-state index contributed by atoms with van der Waals surface area (Å²) in [7, 11) is 0. The normalized spacial score (nSPS) is 12.1. The molecule has 0 N–H and O–H groups in total. The van der Waals surface area contributed by atoms with Crippen LogP contribution in [-0.2, 0) is 0 Å². The summed E-state index contributed by atoms with van der Waals surface area (Å²) < 4.78 is 4.97. The third kappa shape index (κ3) is 4.47. The molecule has 3 heterocycles. The van der Waals surface area contributed by atoms with E-state index in [0.29, 0.717) is 17.5 Å². The average molecular weight is 755 g/mol. The molecule has 5 heteroatoms. The monoisotopic (exact) mass is 754 g/mol. The molecule has 3 aromatic heterocycles. The number of rotatable bonds is 4. The van der Waals surface area contributed by atoms with Crippen LogP contribution in [0.15, 0.2) is 182 Å². The number of benzene rings is 10. The summed E-state index contributed by atoms with van der Waals surface area (Å²) in [5, 5.41) is 15.0. The van der Waals surface area contributed by atoms with E-state index in [-0.39, 0.29) is 0 Å². The predicted octanol–water partition coefficient (Wildman–Crippen LogP) is 14.4. The van der Waals surface area contributed by atoms with Gasteiger partial charge in [-0.05, 0) is 68.7 Å². The molecule has 0 amide bonds. The van der Waals surface area contributed by atoms with Gasteiger partial charge in [-0.3, -0.25) is 0 Å². The number of hydrogen-bond donors (Lipinski definition) is 0. The van der Waals surface area contributed by atoms with Crippen molar-refractivity contribution in [2.75, 3.05) is 0 Å². The van der Waals surface area contributed by atoms with Crippen LogP contribution in [0.4, 0.5) is 0 Å². The maximum absolute atomic E-state index is 5.27. The molecule has 0 radical (unpaired) electrons. The fourth-order valence-corrected chi connectivity index (χ4v) is 10.6. The van der Waals surface area contributed by atoms with E-state index in [1.54, 1.807) is 11.3 Å². The lowest BCUT2D eigenvalue weighted by Crippen LogP contribution is -2.01. The van der Waals surface area contributed by atoms with Crippen LogP contribution in [0.1, 0.15) is 0 Å². The van der Waals surface area contributed by atoms with Crippen molar-refractivity contribution in [1.29, 1.82) is 0 Å². The van der Waals surface area contributed by atoms with Crippen LogP contribution >= 0.6 is 11.3 Å². The van der Waals surface area contributed by atoms with Crippen molar-refractivity contribution in [2.45, 2.75) is 0 Å². The van der Waals surface area contributed by atoms with Crippen LogP contribution in [0.3, 0.4) is 0 Å². The van der Waals surface area contributed by atoms with Gasteiger partial charge in [0.15, 0.2) is 17.5 Å². The van der Waals surface area contributed by atoms with Crippen molar-refractivity contribution in [3.63, 3.8) is 0 Å². The predicted molar refractivity (Wildman–Crippen MR) is 245 cm³/mol. The molecule has 0 aliphatic carbocycles. The van der Waals surface area contributed by atoms with Gasteiger partial charge in [0.25, 0.3) is 0 Å². The molecular formula is C53H30N4S. The standard InChI is InChI=1S/C53H30N4S/c1-2-13-31(14-3-1)51-54-52(33-25-26-39-38-20-10-11-24-46(38)58-47(39)30-33)56-53(55-51)42-27-28-43(37-19-8-6-17-35(37)42)57-44-23-12-22-41-36-18-7-9-21-40(36)48-34-16-5-4-15-32(34)29-45(57)50(48)49(41)44/h1-30H. The zero-order chi connectivity index (χ0) is 37.9. The van der Waals surface area contributed by atoms with E-state index >= 15 is 0 Å². The van der Waals surface area contributed by atoms with E-state index in [1.165, 1.54) is 74.3 Å². The smallest absolute Gasteiger partial charge is 0.164 e. The highest BCUT2D eigenvalue weighted by atomic mass is 32.1. The zero-order valence-electron chi connectivity index (χ0n) is 31.0. The highest BCUT2D eigenvalue weighted by Crippen LogP contribution is 2.47. The summed E-state index contributed by atoms with van der Waals surface area (Å²) in [5.74, 6) is 1.95. The molecule has 13 rings (SSSR count). The largest absolute Gasteiger partial charge is 0.309 e. The second-order valence-electron chi connectivity index (χ2n) is 15.1. The van der Waals surface area contributed by atoms with Gasteiger partial charge >= 0.3 is 0 Å². The summed E-state index contributed by atoms with van der Waals surface area (Å²) in [4.78, 5) is 15.6. The van der Waals surface area contributed by atoms with Gasteiger partial charge in [-0.15, -0.1) is 11.3 Å². The Labute approximate surface area is 336 Å². The SMILES string of the molecule is c1ccc(-c2nc(-c3ccc4c(c3)sc3ccccc34)nc(-c3ccc(-n4c5cccc6c7ccccc7c7c8ccccc8cc4c7c65)c4ccccc34)n2)cc1. The molecule has 0 aliphatic rings. The maximum atomic E-state index is 5.27. The fourth-order valence-electron chi connectivity index (χ4n) is 9.46. The Morgan fingerprint density at radius 1 is 0.345 bits per heavy atom. The molecule has 0 spiro atoms. The van der Waals surface area contributed by atoms with Crippen LogP contribution in [-0.4, -0.2) is 19.5 Å². The first-order valence-electron chi connectivity index (χ1n) is 19.6. The van der Waals surface area contributed by atoms with Gasteiger partial charge in [-0.25, -0.2) is 15.0 Å². The van der Waals surface area contributed by atoms with Crippen LogP contribution in [0.25, 0.3) is 125 Å². The molecular weight excluding hydrogens is 725 g/mol. The quantitative estimate of drug-likeness (QED) is 0.168. The van der Waals surface area contributed by atoms with Crippen molar-refractivity contribution in [3.05, 3.63) is 182 Å². The summed E-state index contributed by atoms with van der Waals surface area (Å²) in [6, 6.07) is 65.4.